The van der Waals surface area contributed by atoms with Crippen LogP contribution in [-0.4, -0.2) is 37.2 Å². The van der Waals surface area contributed by atoms with Crippen molar-refractivity contribution in [2.75, 3.05) is 13.2 Å². The highest BCUT2D eigenvalue weighted by atomic mass is 16.6. The second-order valence-electron chi connectivity index (χ2n) is 15.4. The highest BCUT2D eigenvalue weighted by molar-refractivity contribution is 5.71. The molecule has 0 saturated heterocycles. The van der Waals surface area contributed by atoms with Crippen molar-refractivity contribution >= 4 is 17.9 Å². The van der Waals surface area contributed by atoms with Gasteiger partial charge in [0, 0.05) is 19.3 Å². The molecule has 0 aromatic heterocycles. The third-order valence-corrected chi connectivity index (χ3v) is 9.51. The van der Waals surface area contributed by atoms with E-state index in [-0.39, 0.29) is 37.5 Å². The predicted octanol–water partition coefficient (Wildman–Crippen LogP) is 16.1. The van der Waals surface area contributed by atoms with Crippen LogP contribution in [0, 0.1) is 0 Å². The zero-order valence-electron chi connectivity index (χ0n) is 39.8. The molecule has 0 spiro atoms. The second-order valence-corrected chi connectivity index (χ2v) is 15.4. The van der Waals surface area contributed by atoms with E-state index in [1.165, 1.54) is 0 Å². The normalized spacial score (nSPS) is 13.4. The number of carbonyl (C=O) groups excluding carboxylic acids is 3. The minimum Gasteiger partial charge on any atom is -0.462 e. The standard InChI is InChI=1S/C57H86O6/c1-4-7-10-13-16-19-22-25-27-28-29-30-31-33-35-38-41-44-47-50-56(59)62-53-54(52-61-55(58)49-46-43-40-37-34-24-21-18-15-12-9-6-3)63-57(60)51-48-45-42-39-36-32-26-23-20-17-14-11-8-5-2/h7-13,16-22,25-33,35,54H,4-6,14-15,23-24,34,36-53H2,1-3H3/b10-7-,11-8-,12-9-,16-13-,20-17-,21-18-,22-19-,27-25-,29-28+,31-30-,32-26-,35-33-. The molecule has 0 aromatic rings. The number of allylic oxidation sites excluding steroid dienone is 24. The van der Waals surface area contributed by atoms with Gasteiger partial charge in [0.15, 0.2) is 6.10 Å². The van der Waals surface area contributed by atoms with Crippen molar-refractivity contribution in [2.24, 2.45) is 0 Å². The molecule has 6 nitrogen and oxygen atoms in total. The SMILES string of the molecule is CC\C=C/C=C\C=C/C=C\C=C\C=C/C=C\CCCCCC(=O)OCC(COC(=O)CCCCCCC/C=C\C/C=C\CC)OC(=O)CCCCCC/C=C\C/C=C\C/C=C\CC. The van der Waals surface area contributed by atoms with Gasteiger partial charge in [-0.2, -0.15) is 0 Å². The lowest BCUT2D eigenvalue weighted by Gasteiger charge is -2.18. The number of unbranched alkanes of at least 4 members (excludes halogenated alkanes) is 12. The molecule has 1 unspecified atom stereocenters. The van der Waals surface area contributed by atoms with E-state index in [1.54, 1.807) is 0 Å². The van der Waals surface area contributed by atoms with Crippen molar-refractivity contribution in [3.05, 3.63) is 146 Å². The Morgan fingerprint density at radius 1 is 0.333 bits per heavy atom. The summed E-state index contributed by atoms with van der Waals surface area (Å²) in [5.74, 6) is -1.01. The van der Waals surface area contributed by atoms with E-state index in [0.29, 0.717) is 19.3 Å². The number of hydrogen-bond acceptors (Lipinski definition) is 6. The van der Waals surface area contributed by atoms with Gasteiger partial charge in [0.05, 0.1) is 0 Å². The van der Waals surface area contributed by atoms with Gasteiger partial charge in [0.2, 0.25) is 0 Å². The fraction of sp³-hybridized carbons (Fsp3) is 0.526. The summed E-state index contributed by atoms with van der Waals surface area (Å²) in [6.45, 7) is 6.16. The summed E-state index contributed by atoms with van der Waals surface area (Å²) in [7, 11) is 0. The number of esters is 3. The second kappa shape index (κ2) is 49.9. The zero-order valence-corrected chi connectivity index (χ0v) is 39.8. The summed E-state index contributed by atoms with van der Waals surface area (Å²) in [5.41, 5.74) is 0. The number of rotatable bonds is 41. The van der Waals surface area contributed by atoms with Crippen LogP contribution < -0.4 is 0 Å². The highest BCUT2D eigenvalue weighted by Crippen LogP contribution is 2.12. The largest absolute Gasteiger partial charge is 0.462 e. The van der Waals surface area contributed by atoms with Crippen molar-refractivity contribution in [3.8, 4) is 0 Å². The van der Waals surface area contributed by atoms with Gasteiger partial charge in [0.1, 0.15) is 13.2 Å². The molecule has 0 amide bonds. The Hall–Kier alpha value is -4.71. The topological polar surface area (TPSA) is 78.9 Å². The first kappa shape index (κ1) is 58.3. The van der Waals surface area contributed by atoms with Crippen LogP contribution in [0.5, 0.6) is 0 Å². The Bertz CT molecular complexity index is 1460. The Balaban J connectivity index is 4.57. The van der Waals surface area contributed by atoms with Gasteiger partial charge in [0.25, 0.3) is 0 Å². The van der Waals surface area contributed by atoms with Crippen LogP contribution >= 0.6 is 0 Å². The summed E-state index contributed by atoms with van der Waals surface area (Å²) in [5, 5.41) is 0. The maximum atomic E-state index is 12.8. The van der Waals surface area contributed by atoms with Gasteiger partial charge < -0.3 is 14.2 Å². The third-order valence-electron chi connectivity index (χ3n) is 9.51. The van der Waals surface area contributed by atoms with Crippen molar-refractivity contribution in [1.29, 1.82) is 0 Å². The molecule has 0 rings (SSSR count). The minimum absolute atomic E-state index is 0.117. The lowest BCUT2D eigenvalue weighted by Crippen LogP contribution is -2.30. The van der Waals surface area contributed by atoms with Crippen LogP contribution in [0.25, 0.3) is 0 Å². The Morgan fingerprint density at radius 3 is 1.10 bits per heavy atom. The fourth-order valence-corrected chi connectivity index (χ4v) is 5.95. The van der Waals surface area contributed by atoms with E-state index < -0.39 is 6.10 Å². The lowest BCUT2D eigenvalue weighted by molar-refractivity contribution is -0.167. The van der Waals surface area contributed by atoms with Crippen LogP contribution in [0.15, 0.2) is 146 Å². The third kappa shape index (κ3) is 48.2. The first-order chi connectivity index (χ1) is 31.0. The van der Waals surface area contributed by atoms with Gasteiger partial charge in [-0.05, 0) is 96.3 Å². The zero-order chi connectivity index (χ0) is 45.8. The van der Waals surface area contributed by atoms with E-state index in [0.717, 1.165) is 128 Å². The first-order valence-electron chi connectivity index (χ1n) is 24.4. The molecule has 350 valence electrons. The van der Waals surface area contributed by atoms with E-state index in [2.05, 4.69) is 93.7 Å². The van der Waals surface area contributed by atoms with Crippen LogP contribution in [0.2, 0.25) is 0 Å². The smallest absolute Gasteiger partial charge is 0.306 e. The molecular formula is C57H86O6. The molecule has 63 heavy (non-hydrogen) atoms. The molecule has 0 bridgehead atoms. The fourth-order valence-electron chi connectivity index (χ4n) is 5.95. The number of carbonyl (C=O) groups is 3. The van der Waals surface area contributed by atoms with E-state index in [4.69, 9.17) is 14.2 Å². The summed E-state index contributed by atoms with van der Waals surface area (Å²) in [6.07, 6.45) is 71.1. The molecule has 0 saturated carbocycles. The van der Waals surface area contributed by atoms with E-state index >= 15 is 0 Å². The Labute approximate surface area is 385 Å². The average molecular weight is 867 g/mol. The Morgan fingerprint density at radius 2 is 0.651 bits per heavy atom. The van der Waals surface area contributed by atoms with Crippen molar-refractivity contribution in [2.45, 2.75) is 181 Å². The van der Waals surface area contributed by atoms with Crippen LogP contribution in [0.1, 0.15) is 175 Å². The number of ether oxygens (including phenoxy) is 3. The molecule has 0 fully saturated rings. The van der Waals surface area contributed by atoms with Gasteiger partial charge in [-0.25, -0.2) is 0 Å². The highest BCUT2D eigenvalue weighted by Gasteiger charge is 2.19. The van der Waals surface area contributed by atoms with Gasteiger partial charge in [-0.1, -0.05) is 205 Å². The van der Waals surface area contributed by atoms with Crippen LogP contribution in [-0.2, 0) is 28.6 Å². The average Bonchev–Trinajstić information content (AvgIpc) is 3.28. The molecule has 0 aliphatic carbocycles. The molecule has 1 atom stereocenters. The van der Waals surface area contributed by atoms with E-state index in [1.807, 2.05) is 72.9 Å². The van der Waals surface area contributed by atoms with Crippen LogP contribution in [0.3, 0.4) is 0 Å². The molecular weight excluding hydrogens is 781 g/mol. The van der Waals surface area contributed by atoms with Crippen molar-refractivity contribution < 1.29 is 28.6 Å². The van der Waals surface area contributed by atoms with Crippen LogP contribution in [0.4, 0.5) is 0 Å². The van der Waals surface area contributed by atoms with Crippen molar-refractivity contribution in [1.82, 2.24) is 0 Å². The molecule has 0 aliphatic rings. The molecule has 0 heterocycles. The first-order valence-corrected chi connectivity index (χ1v) is 24.4. The Kier molecular flexibility index (Phi) is 46.2. The number of hydrogen-bond donors (Lipinski definition) is 0. The summed E-state index contributed by atoms with van der Waals surface area (Å²) >= 11 is 0. The molecule has 0 radical (unpaired) electrons. The summed E-state index contributed by atoms with van der Waals surface area (Å²) in [6, 6.07) is 0. The molecule has 6 heteroatoms. The molecule has 0 aromatic carbocycles. The maximum absolute atomic E-state index is 12.8. The lowest BCUT2D eigenvalue weighted by atomic mass is 10.1. The maximum Gasteiger partial charge on any atom is 0.306 e. The molecule has 0 aliphatic heterocycles. The van der Waals surface area contributed by atoms with Crippen molar-refractivity contribution in [3.63, 3.8) is 0 Å². The van der Waals surface area contributed by atoms with E-state index in [9.17, 15) is 14.4 Å². The monoisotopic (exact) mass is 867 g/mol. The van der Waals surface area contributed by atoms with Gasteiger partial charge in [-0.3, -0.25) is 14.4 Å². The molecule has 0 N–H and O–H groups in total. The van der Waals surface area contributed by atoms with Gasteiger partial charge in [-0.15, -0.1) is 0 Å². The minimum atomic E-state index is -0.820. The quantitative estimate of drug-likeness (QED) is 0.0200. The van der Waals surface area contributed by atoms with Gasteiger partial charge >= 0.3 is 17.9 Å². The predicted molar refractivity (Wildman–Crippen MR) is 269 cm³/mol. The summed E-state index contributed by atoms with van der Waals surface area (Å²) < 4.78 is 16.7. The summed E-state index contributed by atoms with van der Waals surface area (Å²) in [4.78, 5) is 37.9.